The van der Waals surface area contributed by atoms with Crippen molar-refractivity contribution in [2.45, 2.75) is 0 Å². The van der Waals surface area contributed by atoms with Crippen LogP contribution in [0.3, 0.4) is 0 Å². The van der Waals surface area contributed by atoms with E-state index >= 15 is 0 Å². The number of rotatable bonds is 3. The summed E-state index contributed by atoms with van der Waals surface area (Å²) in [6.07, 6.45) is 1.81. The molecule has 0 spiro atoms. The van der Waals surface area contributed by atoms with Gasteiger partial charge >= 0.3 is 0 Å². The van der Waals surface area contributed by atoms with Gasteiger partial charge in [-0.05, 0) is 41.1 Å². The third-order valence-electron chi connectivity index (χ3n) is 3.49. The Bertz CT molecular complexity index is 874. The number of benzene rings is 3. The van der Waals surface area contributed by atoms with E-state index in [1.54, 1.807) is 19.2 Å². The Kier molecular flexibility index (Phi) is 3.84. The molecule has 3 nitrogen and oxygen atoms in total. The molecule has 0 radical (unpaired) electrons. The molecule has 3 aromatic rings. The van der Waals surface area contributed by atoms with Gasteiger partial charge in [0.05, 0.1) is 24.4 Å². The zero-order chi connectivity index (χ0) is 15.4. The Morgan fingerprint density at radius 1 is 1.00 bits per heavy atom. The second-order valence-corrected chi connectivity index (χ2v) is 4.82. The summed E-state index contributed by atoms with van der Waals surface area (Å²) in [5, 5.41) is 11.1. The Hall–Kier alpha value is -3.12. The lowest BCUT2D eigenvalue weighted by Gasteiger charge is -2.08. The lowest BCUT2D eigenvalue weighted by Crippen LogP contribution is -1.92. The van der Waals surface area contributed by atoms with Gasteiger partial charge in [-0.15, -0.1) is 0 Å². The summed E-state index contributed by atoms with van der Waals surface area (Å²) in [7, 11) is 1.66. The van der Waals surface area contributed by atoms with Crippen LogP contribution in [0.1, 0.15) is 11.1 Å². The zero-order valence-corrected chi connectivity index (χ0v) is 12.2. The molecule has 0 aromatic heterocycles. The van der Waals surface area contributed by atoms with Crippen molar-refractivity contribution in [1.82, 2.24) is 0 Å². The highest BCUT2D eigenvalue weighted by Crippen LogP contribution is 2.27. The van der Waals surface area contributed by atoms with Crippen molar-refractivity contribution in [3.63, 3.8) is 0 Å². The summed E-state index contributed by atoms with van der Waals surface area (Å²) in [5.74, 6) is 0.788. The van der Waals surface area contributed by atoms with Crippen LogP contribution in [-0.4, -0.2) is 13.3 Å². The largest absolute Gasteiger partial charge is 0.496 e. The first kappa shape index (κ1) is 13.8. The van der Waals surface area contributed by atoms with Crippen molar-refractivity contribution in [2.24, 2.45) is 4.99 Å². The topological polar surface area (TPSA) is 45.4 Å². The SMILES string of the molecule is COc1ccc2ccccc2c1C=Nc1ccc(C#N)cc1. The van der Waals surface area contributed by atoms with Crippen LogP contribution >= 0.6 is 0 Å². The summed E-state index contributed by atoms with van der Waals surface area (Å²) in [6, 6.07) is 21.4. The molecule has 0 heterocycles. The highest BCUT2D eigenvalue weighted by Gasteiger charge is 2.05. The summed E-state index contributed by atoms with van der Waals surface area (Å²) < 4.78 is 5.44. The Balaban J connectivity index is 2.05. The molecule has 0 unspecified atom stereocenters. The Labute approximate surface area is 129 Å². The van der Waals surface area contributed by atoms with Gasteiger partial charge in [0.15, 0.2) is 0 Å². The van der Waals surface area contributed by atoms with E-state index in [4.69, 9.17) is 10.00 Å². The molecule has 0 bridgehead atoms. The summed E-state index contributed by atoms with van der Waals surface area (Å²) in [4.78, 5) is 4.50. The molecule has 0 saturated heterocycles. The Morgan fingerprint density at radius 3 is 2.50 bits per heavy atom. The number of hydrogen-bond acceptors (Lipinski definition) is 3. The van der Waals surface area contributed by atoms with Crippen molar-refractivity contribution in [1.29, 1.82) is 5.26 Å². The third kappa shape index (κ3) is 2.68. The molecule has 0 atom stereocenters. The van der Waals surface area contributed by atoms with Gasteiger partial charge in [0.1, 0.15) is 5.75 Å². The van der Waals surface area contributed by atoms with Gasteiger partial charge < -0.3 is 4.74 Å². The van der Waals surface area contributed by atoms with Crippen LogP contribution in [0.5, 0.6) is 5.75 Å². The molecule has 22 heavy (non-hydrogen) atoms. The van der Waals surface area contributed by atoms with Crippen LogP contribution in [0.4, 0.5) is 5.69 Å². The molecule has 3 aromatic carbocycles. The second-order valence-electron chi connectivity index (χ2n) is 4.82. The highest BCUT2D eigenvalue weighted by atomic mass is 16.5. The summed E-state index contributed by atoms with van der Waals surface area (Å²) in [6.45, 7) is 0. The smallest absolute Gasteiger partial charge is 0.128 e. The predicted octanol–water partition coefficient (Wildman–Crippen LogP) is 4.47. The Morgan fingerprint density at radius 2 is 1.77 bits per heavy atom. The van der Waals surface area contributed by atoms with Crippen LogP contribution in [0.25, 0.3) is 10.8 Å². The molecule has 3 rings (SSSR count). The van der Waals surface area contributed by atoms with Gasteiger partial charge in [-0.25, -0.2) is 0 Å². The van der Waals surface area contributed by atoms with Gasteiger partial charge in [-0.1, -0.05) is 30.3 Å². The van der Waals surface area contributed by atoms with Crippen LogP contribution in [-0.2, 0) is 0 Å². The fraction of sp³-hybridized carbons (Fsp3) is 0.0526. The van der Waals surface area contributed by atoms with Crippen LogP contribution in [0.15, 0.2) is 65.7 Å². The lowest BCUT2D eigenvalue weighted by molar-refractivity contribution is 0.415. The van der Waals surface area contributed by atoms with Gasteiger partial charge in [0, 0.05) is 11.8 Å². The first-order valence-electron chi connectivity index (χ1n) is 6.92. The summed E-state index contributed by atoms with van der Waals surface area (Å²) in [5.41, 5.74) is 2.38. The molecule has 0 N–H and O–H groups in total. The number of methoxy groups -OCH3 is 1. The fourth-order valence-electron chi connectivity index (χ4n) is 2.35. The lowest BCUT2D eigenvalue weighted by atomic mass is 10.0. The van der Waals surface area contributed by atoms with Crippen LogP contribution < -0.4 is 4.74 Å². The monoisotopic (exact) mass is 286 g/mol. The first-order chi connectivity index (χ1) is 10.8. The molecule has 0 fully saturated rings. The molecule has 3 heteroatoms. The minimum atomic E-state index is 0.627. The highest BCUT2D eigenvalue weighted by molar-refractivity contribution is 6.03. The van der Waals surface area contributed by atoms with E-state index in [1.165, 1.54) is 0 Å². The van der Waals surface area contributed by atoms with E-state index < -0.39 is 0 Å². The molecule has 0 aliphatic heterocycles. The number of fused-ring (bicyclic) bond motifs is 1. The van der Waals surface area contributed by atoms with Crippen molar-refractivity contribution in [3.05, 3.63) is 71.8 Å². The average Bonchev–Trinajstić information content (AvgIpc) is 2.60. The number of nitriles is 1. The van der Waals surface area contributed by atoms with Gasteiger partial charge in [-0.3, -0.25) is 4.99 Å². The predicted molar refractivity (Wildman–Crippen MR) is 88.9 cm³/mol. The normalized spacial score (nSPS) is 10.7. The van der Waals surface area contributed by atoms with Crippen LogP contribution in [0.2, 0.25) is 0 Å². The molecule has 0 aliphatic rings. The van der Waals surface area contributed by atoms with E-state index in [2.05, 4.69) is 23.2 Å². The van der Waals surface area contributed by atoms with Crippen LogP contribution in [0, 0.1) is 11.3 Å². The van der Waals surface area contributed by atoms with E-state index in [0.717, 1.165) is 27.8 Å². The number of aliphatic imine (C=N–C) groups is 1. The van der Waals surface area contributed by atoms with Gasteiger partial charge in [0.2, 0.25) is 0 Å². The number of ether oxygens (including phenoxy) is 1. The van der Waals surface area contributed by atoms with E-state index in [9.17, 15) is 0 Å². The maximum absolute atomic E-state index is 8.82. The summed E-state index contributed by atoms with van der Waals surface area (Å²) >= 11 is 0. The van der Waals surface area contributed by atoms with Crippen molar-refractivity contribution < 1.29 is 4.74 Å². The average molecular weight is 286 g/mol. The van der Waals surface area contributed by atoms with Crippen molar-refractivity contribution in [2.75, 3.05) is 7.11 Å². The van der Waals surface area contributed by atoms with Gasteiger partial charge in [-0.2, -0.15) is 5.26 Å². The molecule has 0 amide bonds. The number of nitrogens with zero attached hydrogens (tertiary/aromatic N) is 2. The minimum absolute atomic E-state index is 0.627. The van der Waals surface area contributed by atoms with Gasteiger partial charge in [0.25, 0.3) is 0 Å². The second kappa shape index (κ2) is 6.11. The van der Waals surface area contributed by atoms with E-state index in [-0.39, 0.29) is 0 Å². The first-order valence-corrected chi connectivity index (χ1v) is 6.92. The quantitative estimate of drug-likeness (QED) is 0.667. The molecular formula is C19H14N2O. The van der Waals surface area contributed by atoms with E-state index in [0.29, 0.717) is 5.56 Å². The molecule has 0 saturated carbocycles. The third-order valence-corrected chi connectivity index (χ3v) is 3.49. The number of hydrogen-bond donors (Lipinski definition) is 0. The van der Waals surface area contributed by atoms with Crippen molar-refractivity contribution in [3.8, 4) is 11.8 Å². The zero-order valence-electron chi connectivity index (χ0n) is 12.2. The fourth-order valence-corrected chi connectivity index (χ4v) is 2.35. The maximum atomic E-state index is 8.82. The maximum Gasteiger partial charge on any atom is 0.128 e. The molecule has 0 aliphatic carbocycles. The van der Waals surface area contributed by atoms with Crippen molar-refractivity contribution >= 4 is 22.7 Å². The molecule has 106 valence electrons. The minimum Gasteiger partial charge on any atom is -0.496 e. The van der Waals surface area contributed by atoms with E-state index in [1.807, 2.05) is 42.6 Å². The standard InChI is InChI=1S/C19H14N2O/c1-22-19-11-8-15-4-2-3-5-17(15)18(19)13-21-16-9-6-14(12-20)7-10-16/h2-11,13H,1H3. The molecular weight excluding hydrogens is 272 g/mol.